The van der Waals surface area contributed by atoms with Crippen molar-refractivity contribution >= 4 is 0 Å². The Morgan fingerprint density at radius 1 is 1.00 bits per heavy atom. The first-order chi connectivity index (χ1) is 9.06. The first-order valence-corrected chi connectivity index (χ1v) is 5.65. The van der Waals surface area contributed by atoms with E-state index in [-0.39, 0.29) is 12.2 Å². The molecule has 0 aliphatic rings. The average Bonchev–Trinajstić information content (AvgIpc) is 2.36. The van der Waals surface area contributed by atoms with Crippen molar-refractivity contribution in [3.05, 3.63) is 65.5 Å². The number of benzene rings is 2. The summed E-state index contributed by atoms with van der Waals surface area (Å²) in [5.74, 6) is -1.52. The standard InChI is InChI=1S/C14H12F3NO/c15-9-2-1-3-11(6-9)19-8-14(18)12-5-4-10(16)7-13(12)17/h1-7,14H,8,18H2. The Labute approximate surface area is 108 Å². The molecular weight excluding hydrogens is 255 g/mol. The highest BCUT2D eigenvalue weighted by molar-refractivity contribution is 5.24. The Morgan fingerprint density at radius 2 is 1.74 bits per heavy atom. The largest absolute Gasteiger partial charge is 0.492 e. The number of hydrogen-bond acceptors (Lipinski definition) is 2. The number of nitrogens with two attached hydrogens (primary N) is 1. The Balaban J connectivity index is 2.03. The summed E-state index contributed by atoms with van der Waals surface area (Å²) in [7, 11) is 0. The molecule has 0 spiro atoms. The fraction of sp³-hybridized carbons (Fsp3) is 0.143. The van der Waals surface area contributed by atoms with E-state index >= 15 is 0 Å². The molecule has 0 aromatic heterocycles. The van der Waals surface area contributed by atoms with Gasteiger partial charge in [0.2, 0.25) is 0 Å². The van der Waals surface area contributed by atoms with Crippen molar-refractivity contribution < 1.29 is 17.9 Å². The van der Waals surface area contributed by atoms with E-state index in [9.17, 15) is 13.2 Å². The van der Waals surface area contributed by atoms with Crippen LogP contribution in [-0.4, -0.2) is 6.61 Å². The van der Waals surface area contributed by atoms with E-state index < -0.39 is 23.5 Å². The van der Waals surface area contributed by atoms with Crippen molar-refractivity contribution in [2.24, 2.45) is 5.73 Å². The molecule has 2 N–H and O–H groups in total. The lowest BCUT2D eigenvalue weighted by molar-refractivity contribution is 0.286. The molecule has 2 aromatic carbocycles. The highest BCUT2D eigenvalue weighted by atomic mass is 19.1. The SMILES string of the molecule is NC(COc1cccc(F)c1)c1ccc(F)cc1F. The van der Waals surface area contributed by atoms with Crippen LogP contribution < -0.4 is 10.5 Å². The molecule has 5 heteroatoms. The normalized spacial score (nSPS) is 12.2. The molecule has 0 saturated carbocycles. The predicted molar refractivity (Wildman–Crippen MR) is 65.2 cm³/mol. The van der Waals surface area contributed by atoms with E-state index in [4.69, 9.17) is 10.5 Å². The van der Waals surface area contributed by atoms with E-state index in [0.717, 1.165) is 12.1 Å². The summed E-state index contributed by atoms with van der Waals surface area (Å²) in [4.78, 5) is 0. The second-order valence-corrected chi connectivity index (χ2v) is 4.04. The number of rotatable bonds is 4. The Hall–Kier alpha value is -2.01. The first-order valence-electron chi connectivity index (χ1n) is 5.65. The van der Waals surface area contributed by atoms with Crippen molar-refractivity contribution in [3.63, 3.8) is 0 Å². The Kier molecular flexibility index (Phi) is 4.06. The van der Waals surface area contributed by atoms with Crippen LogP contribution in [0.5, 0.6) is 5.75 Å². The topological polar surface area (TPSA) is 35.2 Å². The van der Waals surface area contributed by atoms with Gasteiger partial charge in [-0.25, -0.2) is 13.2 Å². The van der Waals surface area contributed by atoms with Gasteiger partial charge in [0.05, 0.1) is 6.04 Å². The van der Waals surface area contributed by atoms with Gasteiger partial charge < -0.3 is 10.5 Å². The van der Waals surface area contributed by atoms with Gasteiger partial charge in [-0.3, -0.25) is 0 Å². The van der Waals surface area contributed by atoms with Gasteiger partial charge in [-0.1, -0.05) is 12.1 Å². The maximum Gasteiger partial charge on any atom is 0.131 e. The molecule has 0 radical (unpaired) electrons. The number of halogens is 3. The van der Waals surface area contributed by atoms with Gasteiger partial charge in [-0.05, 0) is 18.2 Å². The third-order valence-electron chi connectivity index (χ3n) is 2.59. The molecule has 2 nitrogen and oxygen atoms in total. The van der Waals surface area contributed by atoms with Crippen LogP contribution in [0.2, 0.25) is 0 Å². The predicted octanol–water partition coefficient (Wildman–Crippen LogP) is 3.18. The average molecular weight is 267 g/mol. The molecule has 2 rings (SSSR count). The Bertz CT molecular complexity index is 574. The molecular formula is C14H12F3NO. The molecule has 0 aliphatic heterocycles. The molecule has 1 unspecified atom stereocenters. The van der Waals surface area contributed by atoms with Crippen molar-refractivity contribution in [2.75, 3.05) is 6.61 Å². The summed E-state index contributed by atoms with van der Waals surface area (Å²) >= 11 is 0. The van der Waals surface area contributed by atoms with Crippen LogP contribution in [0, 0.1) is 17.5 Å². The molecule has 0 fully saturated rings. The van der Waals surface area contributed by atoms with Gasteiger partial charge in [0.1, 0.15) is 29.8 Å². The summed E-state index contributed by atoms with van der Waals surface area (Å²) in [6.45, 7) is -0.0357. The van der Waals surface area contributed by atoms with Gasteiger partial charge in [0, 0.05) is 17.7 Å². The summed E-state index contributed by atoms with van der Waals surface area (Å²) in [6.07, 6.45) is 0. The molecule has 0 bridgehead atoms. The molecule has 0 saturated heterocycles. The molecule has 0 heterocycles. The quantitative estimate of drug-likeness (QED) is 0.923. The lowest BCUT2D eigenvalue weighted by Gasteiger charge is -2.14. The fourth-order valence-electron chi connectivity index (χ4n) is 1.63. The number of hydrogen-bond donors (Lipinski definition) is 1. The lowest BCUT2D eigenvalue weighted by Crippen LogP contribution is -2.20. The third kappa shape index (κ3) is 3.48. The van der Waals surface area contributed by atoms with Crippen LogP contribution in [0.15, 0.2) is 42.5 Å². The summed E-state index contributed by atoms with van der Waals surface area (Å²) in [5, 5.41) is 0. The monoisotopic (exact) mass is 267 g/mol. The van der Waals surface area contributed by atoms with Gasteiger partial charge in [0.25, 0.3) is 0 Å². The molecule has 2 aromatic rings. The highest BCUT2D eigenvalue weighted by Crippen LogP contribution is 2.18. The third-order valence-corrected chi connectivity index (χ3v) is 2.59. The maximum absolute atomic E-state index is 13.5. The summed E-state index contributed by atoms with van der Waals surface area (Å²) in [6, 6.07) is 7.94. The Morgan fingerprint density at radius 3 is 2.42 bits per heavy atom. The van der Waals surface area contributed by atoms with Crippen LogP contribution in [-0.2, 0) is 0 Å². The zero-order valence-corrected chi connectivity index (χ0v) is 9.95. The van der Waals surface area contributed by atoms with Crippen LogP contribution >= 0.6 is 0 Å². The van der Waals surface area contributed by atoms with E-state index in [2.05, 4.69) is 0 Å². The van der Waals surface area contributed by atoms with Crippen LogP contribution in [0.3, 0.4) is 0 Å². The van der Waals surface area contributed by atoms with E-state index in [1.54, 1.807) is 6.07 Å². The van der Waals surface area contributed by atoms with Crippen molar-refractivity contribution in [1.82, 2.24) is 0 Å². The van der Waals surface area contributed by atoms with E-state index in [1.807, 2.05) is 0 Å². The fourth-order valence-corrected chi connectivity index (χ4v) is 1.63. The molecule has 0 aliphatic carbocycles. The van der Waals surface area contributed by atoms with Crippen LogP contribution in [0.25, 0.3) is 0 Å². The zero-order chi connectivity index (χ0) is 13.8. The summed E-state index contributed by atoms with van der Waals surface area (Å²) in [5.41, 5.74) is 5.90. The lowest BCUT2D eigenvalue weighted by atomic mass is 10.1. The number of ether oxygens (including phenoxy) is 1. The van der Waals surface area contributed by atoms with Crippen LogP contribution in [0.1, 0.15) is 11.6 Å². The van der Waals surface area contributed by atoms with Crippen molar-refractivity contribution in [3.8, 4) is 5.75 Å². The smallest absolute Gasteiger partial charge is 0.131 e. The van der Waals surface area contributed by atoms with E-state index in [0.29, 0.717) is 5.75 Å². The van der Waals surface area contributed by atoms with Gasteiger partial charge in [-0.15, -0.1) is 0 Å². The first kappa shape index (κ1) is 13.4. The van der Waals surface area contributed by atoms with Gasteiger partial charge in [0.15, 0.2) is 0 Å². The van der Waals surface area contributed by atoms with Gasteiger partial charge >= 0.3 is 0 Å². The molecule has 100 valence electrons. The van der Waals surface area contributed by atoms with Crippen molar-refractivity contribution in [2.45, 2.75) is 6.04 Å². The second kappa shape index (κ2) is 5.75. The minimum absolute atomic E-state index is 0.0357. The maximum atomic E-state index is 13.5. The molecule has 0 amide bonds. The molecule has 19 heavy (non-hydrogen) atoms. The minimum atomic E-state index is -0.760. The highest BCUT2D eigenvalue weighted by Gasteiger charge is 2.13. The van der Waals surface area contributed by atoms with Crippen molar-refractivity contribution in [1.29, 1.82) is 0 Å². The zero-order valence-electron chi connectivity index (χ0n) is 9.95. The second-order valence-electron chi connectivity index (χ2n) is 4.04. The molecule has 1 atom stereocenters. The van der Waals surface area contributed by atoms with Gasteiger partial charge in [-0.2, -0.15) is 0 Å². The van der Waals surface area contributed by atoms with Crippen LogP contribution in [0.4, 0.5) is 13.2 Å². The van der Waals surface area contributed by atoms with E-state index in [1.165, 1.54) is 24.3 Å². The minimum Gasteiger partial charge on any atom is -0.492 e. The summed E-state index contributed by atoms with van der Waals surface area (Å²) < 4.78 is 44.4.